The number of hydrogen-bond donors (Lipinski definition) is 4. The van der Waals surface area contributed by atoms with Gasteiger partial charge >= 0.3 is 0 Å². The molecule has 0 saturated heterocycles. The molecule has 3 aromatic rings. The molecule has 5 N–H and O–H groups in total. The van der Waals surface area contributed by atoms with Gasteiger partial charge in [0.2, 0.25) is 0 Å². The van der Waals surface area contributed by atoms with Gasteiger partial charge in [-0.2, -0.15) is 5.10 Å². The zero-order valence-corrected chi connectivity index (χ0v) is 16.6. The van der Waals surface area contributed by atoms with Crippen LogP contribution in [0.3, 0.4) is 0 Å². The average molecular weight is 398 g/mol. The molecule has 9 heteroatoms. The van der Waals surface area contributed by atoms with E-state index in [-0.39, 0.29) is 12.5 Å². The normalized spacial score (nSPS) is 10.8. The van der Waals surface area contributed by atoms with E-state index in [1.165, 1.54) is 6.21 Å². The Labute approximate surface area is 167 Å². The molecule has 0 aliphatic carbocycles. The molecule has 0 spiro atoms. The van der Waals surface area contributed by atoms with Crippen molar-refractivity contribution in [1.29, 1.82) is 5.41 Å². The number of nitrogen functional groups attached to an aromatic ring is 1. The summed E-state index contributed by atoms with van der Waals surface area (Å²) in [6.07, 6.45) is 3.81. The van der Waals surface area contributed by atoms with Gasteiger partial charge in [-0.1, -0.05) is 6.07 Å². The first-order chi connectivity index (χ1) is 13.5. The van der Waals surface area contributed by atoms with E-state index in [1.807, 2.05) is 24.6 Å². The van der Waals surface area contributed by atoms with Crippen LogP contribution in [0, 0.1) is 12.3 Å². The molecule has 0 aliphatic rings. The lowest BCUT2D eigenvalue weighted by molar-refractivity contribution is 0.0942. The maximum absolute atomic E-state index is 12.8. The Kier molecular flexibility index (Phi) is 6.15. The first kappa shape index (κ1) is 19.7. The Morgan fingerprint density at radius 3 is 2.93 bits per heavy atom. The van der Waals surface area contributed by atoms with Gasteiger partial charge in [-0.15, -0.1) is 11.8 Å². The number of pyridine rings is 1. The number of H-pyrrole nitrogens is 1. The van der Waals surface area contributed by atoms with Crippen LogP contribution in [-0.4, -0.2) is 37.6 Å². The minimum atomic E-state index is -0.242. The second-order valence-electron chi connectivity index (χ2n) is 6.30. The molecular weight excluding hydrogens is 374 g/mol. The number of nitrogens with zero attached hydrogens (tertiary/aromatic N) is 3. The second kappa shape index (κ2) is 8.75. The Morgan fingerprint density at radius 2 is 2.25 bits per heavy atom. The second-order valence-corrected chi connectivity index (χ2v) is 7.40. The summed E-state index contributed by atoms with van der Waals surface area (Å²) in [5.41, 5.74) is 9.49. The van der Waals surface area contributed by atoms with Crippen molar-refractivity contribution in [2.24, 2.45) is 7.05 Å². The van der Waals surface area contributed by atoms with E-state index in [1.54, 1.807) is 36.2 Å². The average Bonchev–Trinajstić information content (AvgIpc) is 3.28. The number of nitrogens with two attached hydrogens (primary N) is 1. The highest BCUT2D eigenvalue weighted by Crippen LogP contribution is 2.31. The fourth-order valence-electron chi connectivity index (χ4n) is 2.93. The Hall–Kier alpha value is -3.07. The topological polar surface area (TPSA) is 125 Å². The van der Waals surface area contributed by atoms with Crippen LogP contribution < -0.4 is 11.1 Å². The number of hydrogen-bond acceptors (Lipinski definition) is 6. The quantitative estimate of drug-likeness (QED) is 0.343. The lowest BCUT2D eigenvalue weighted by Gasteiger charge is -2.08. The first-order valence-corrected chi connectivity index (χ1v) is 9.80. The number of carbonyl (C=O) groups excluding carboxylic acids is 1. The number of amides is 1. The SMILES string of the molecule is Cc1c(SCCc2ccn[nH]2)c(C=N)c(C(=O)NCc2cccc(N)n2)n1C. The third kappa shape index (κ3) is 4.25. The van der Waals surface area contributed by atoms with Crippen molar-refractivity contribution in [3.8, 4) is 0 Å². The summed E-state index contributed by atoms with van der Waals surface area (Å²) in [5.74, 6) is 0.994. The van der Waals surface area contributed by atoms with Gasteiger partial charge in [0.15, 0.2) is 0 Å². The summed E-state index contributed by atoms with van der Waals surface area (Å²) in [6, 6.07) is 7.25. The van der Waals surface area contributed by atoms with Crippen LogP contribution in [0.15, 0.2) is 35.4 Å². The van der Waals surface area contributed by atoms with E-state index in [0.717, 1.165) is 28.5 Å². The van der Waals surface area contributed by atoms with Crippen LogP contribution in [-0.2, 0) is 20.0 Å². The summed E-state index contributed by atoms with van der Waals surface area (Å²) in [7, 11) is 1.84. The molecule has 0 fully saturated rings. The van der Waals surface area contributed by atoms with Gasteiger partial charge in [-0.3, -0.25) is 9.89 Å². The molecule has 0 aromatic carbocycles. The van der Waals surface area contributed by atoms with Crippen LogP contribution in [0.2, 0.25) is 0 Å². The van der Waals surface area contributed by atoms with E-state index >= 15 is 0 Å². The number of rotatable bonds is 8. The highest BCUT2D eigenvalue weighted by molar-refractivity contribution is 7.99. The summed E-state index contributed by atoms with van der Waals surface area (Å²) >= 11 is 1.64. The van der Waals surface area contributed by atoms with Gasteiger partial charge in [0.05, 0.1) is 12.2 Å². The van der Waals surface area contributed by atoms with Gasteiger partial charge in [-0.25, -0.2) is 4.98 Å². The van der Waals surface area contributed by atoms with Crippen molar-refractivity contribution < 1.29 is 4.79 Å². The first-order valence-electron chi connectivity index (χ1n) is 8.81. The molecule has 0 aliphatic heterocycles. The number of anilines is 1. The molecule has 0 bridgehead atoms. The van der Waals surface area contributed by atoms with Crippen LogP contribution in [0.1, 0.15) is 33.1 Å². The number of aryl methyl sites for hydroxylation is 1. The van der Waals surface area contributed by atoms with E-state index < -0.39 is 0 Å². The Balaban J connectivity index is 1.74. The lowest BCUT2D eigenvalue weighted by atomic mass is 10.2. The van der Waals surface area contributed by atoms with Crippen LogP contribution >= 0.6 is 11.8 Å². The molecule has 3 heterocycles. The summed E-state index contributed by atoms with van der Waals surface area (Å²) < 4.78 is 1.83. The van der Waals surface area contributed by atoms with Gasteiger partial charge in [-0.05, 0) is 31.5 Å². The summed E-state index contributed by atoms with van der Waals surface area (Å²) in [5, 5.41) is 17.6. The van der Waals surface area contributed by atoms with Crippen LogP contribution in [0.4, 0.5) is 5.82 Å². The van der Waals surface area contributed by atoms with E-state index in [9.17, 15) is 4.79 Å². The third-order valence-corrected chi connectivity index (χ3v) is 5.67. The summed E-state index contributed by atoms with van der Waals surface area (Å²) in [4.78, 5) is 18.0. The Bertz CT molecular complexity index is 979. The third-order valence-electron chi connectivity index (χ3n) is 4.46. The minimum Gasteiger partial charge on any atom is -0.384 e. The van der Waals surface area contributed by atoms with Crippen molar-refractivity contribution >= 4 is 29.7 Å². The van der Waals surface area contributed by atoms with Crippen molar-refractivity contribution in [3.63, 3.8) is 0 Å². The highest BCUT2D eigenvalue weighted by atomic mass is 32.2. The van der Waals surface area contributed by atoms with Crippen molar-refractivity contribution in [2.45, 2.75) is 24.8 Å². The maximum atomic E-state index is 12.8. The highest BCUT2D eigenvalue weighted by Gasteiger charge is 2.22. The fourth-order valence-corrected chi connectivity index (χ4v) is 4.12. The zero-order valence-electron chi connectivity index (χ0n) is 15.8. The smallest absolute Gasteiger partial charge is 0.268 e. The zero-order chi connectivity index (χ0) is 20.1. The molecule has 8 nitrogen and oxygen atoms in total. The van der Waals surface area contributed by atoms with Gasteiger partial charge in [0.1, 0.15) is 11.5 Å². The lowest BCUT2D eigenvalue weighted by Crippen LogP contribution is -2.26. The predicted octanol–water partition coefficient (Wildman–Crippen LogP) is 2.30. The molecule has 3 aromatic heterocycles. The standard InChI is InChI=1S/C19H23N7OS/c1-12-18(28-9-7-13-6-8-23-25-13)15(10-20)17(26(12)2)19(27)22-11-14-4-3-5-16(21)24-14/h3-6,8,10,20H,7,9,11H2,1-2H3,(H2,21,24)(H,22,27)(H,23,25). The van der Waals surface area contributed by atoms with Gasteiger partial charge < -0.3 is 21.0 Å². The van der Waals surface area contributed by atoms with E-state index in [4.69, 9.17) is 11.1 Å². The maximum Gasteiger partial charge on any atom is 0.268 e. The fraction of sp³-hybridized carbons (Fsp3) is 0.263. The van der Waals surface area contributed by atoms with Crippen LogP contribution in [0.5, 0.6) is 0 Å². The largest absolute Gasteiger partial charge is 0.384 e. The molecule has 0 atom stereocenters. The van der Waals surface area contributed by atoms with Crippen molar-refractivity contribution in [3.05, 3.63) is 58.8 Å². The minimum absolute atomic E-state index is 0.242. The number of aromatic amines is 1. The van der Waals surface area contributed by atoms with Crippen LogP contribution in [0.25, 0.3) is 0 Å². The van der Waals surface area contributed by atoms with Crippen molar-refractivity contribution in [2.75, 3.05) is 11.5 Å². The molecule has 0 radical (unpaired) electrons. The molecule has 146 valence electrons. The number of thioether (sulfide) groups is 1. The van der Waals surface area contributed by atoms with E-state index in [0.29, 0.717) is 22.8 Å². The number of nitrogens with one attached hydrogen (secondary N) is 3. The molecule has 0 unspecified atom stereocenters. The molecular formula is C19H23N7OS. The molecule has 0 saturated carbocycles. The van der Waals surface area contributed by atoms with Gasteiger partial charge in [0, 0.05) is 47.1 Å². The number of aromatic nitrogens is 4. The Morgan fingerprint density at radius 1 is 1.43 bits per heavy atom. The predicted molar refractivity (Wildman–Crippen MR) is 111 cm³/mol. The number of carbonyl (C=O) groups is 1. The van der Waals surface area contributed by atoms with Crippen molar-refractivity contribution in [1.82, 2.24) is 25.1 Å². The molecule has 1 amide bonds. The van der Waals surface area contributed by atoms with E-state index in [2.05, 4.69) is 20.5 Å². The monoisotopic (exact) mass is 397 g/mol. The molecule has 28 heavy (non-hydrogen) atoms. The van der Waals surface area contributed by atoms with Gasteiger partial charge in [0.25, 0.3) is 5.91 Å². The summed E-state index contributed by atoms with van der Waals surface area (Å²) in [6.45, 7) is 2.23. The molecule has 3 rings (SSSR count).